The summed E-state index contributed by atoms with van der Waals surface area (Å²) >= 11 is 0. The van der Waals surface area contributed by atoms with Crippen molar-refractivity contribution in [1.29, 1.82) is 0 Å². The average Bonchev–Trinajstić information content (AvgIpc) is 3.29. The molecule has 0 saturated carbocycles. The lowest BCUT2D eigenvalue weighted by molar-refractivity contribution is -0.0518. The van der Waals surface area contributed by atoms with Gasteiger partial charge in [-0.1, -0.05) is 21.6 Å². The van der Waals surface area contributed by atoms with Gasteiger partial charge in [0.15, 0.2) is 0 Å². The van der Waals surface area contributed by atoms with Crippen molar-refractivity contribution in [1.82, 2.24) is 14.5 Å². The number of ether oxygens (including phenoxy) is 2. The highest BCUT2D eigenvalue weighted by atomic mass is 33.1. The monoisotopic (exact) mass is 565 g/mol. The molecule has 5 N–H and O–H groups in total. The Bertz CT molecular complexity index is 1090. The number of aromatic nitrogens is 3. The van der Waals surface area contributed by atoms with Gasteiger partial charge in [0, 0.05) is 17.2 Å². The maximum Gasteiger partial charge on any atom is 0.719 e. The van der Waals surface area contributed by atoms with Gasteiger partial charge < -0.3 is 29.6 Å². The molecule has 0 spiro atoms. The summed E-state index contributed by atoms with van der Waals surface area (Å²) < 4.78 is 60.2. The molecule has 0 radical (unpaired) electrons. The molecule has 1 aliphatic rings. The number of hydrogen-bond donors (Lipinski definition) is 4. The van der Waals surface area contributed by atoms with Crippen molar-refractivity contribution >= 4 is 62.3 Å². The fraction of sp³-hybridized carbons (Fsp3) is 0.538. The molecular weight excluding hydrogens is 545 g/mol. The molecule has 15 nitrogen and oxygen atoms in total. The molecule has 2 unspecified atom stereocenters. The third-order valence-electron chi connectivity index (χ3n) is 4.22. The first kappa shape index (κ1) is 27.0. The molecule has 1 saturated heterocycles. The van der Waals surface area contributed by atoms with E-state index in [2.05, 4.69) is 18.6 Å². The van der Waals surface area contributed by atoms with Crippen LogP contribution < -0.4 is 5.73 Å². The molecule has 5 atom stereocenters. The molecule has 0 aliphatic carbocycles. The van der Waals surface area contributed by atoms with Gasteiger partial charge in [0.1, 0.15) is 36.1 Å². The van der Waals surface area contributed by atoms with Crippen LogP contribution in [0.25, 0.3) is 11.0 Å². The highest BCUT2D eigenvalue weighted by Gasteiger charge is 2.45. The summed E-state index contributed by atoms with van der Waals surface area (Å²) in [6.07, 6.45) is 3.24. The van der Waals surface area contributed by atoms with E-state index < -0.39 is 48.9 Å². The first-order chi connectivity index (χ1) is 15.5. The zero-order valence-electron chi connectivity index (χ0n) is 16.8. The average molecular weight is 565 g/mol. The summed E-state index contributed by atoms with van der Waals surface area (Å²) in [5, 5.41) is 0.623. The van der Waals surface area contributed by atoms with Gasteiger partial charge in [-0.05, 0) is 20.9 Å². The van der Waals surface area contributed by atoms with Gasteiger partial charge in [0.05, 0.1) is 18.1 Å². The Hall–Kier alpha value is -0.640. The Morgan fingerprint density at radius 1 is 1.33 bits per heavy atom. The largest absolute Gasteiger partial charge is 0.719 e. The lowest BCUT2D eigenvalue weighted by Crippen LogP contribution is -2.28. The molecule has 1 fully saturated rings. The molecule has 184 valence electrons. The third-order valence-corrected chi connectivity index (χ3v) is 8.91. The molecule has 2 aromatic heterocycles. The van der Waals surface area contributed by atoms with Crippen LogP contribution in [-0.2, 0) is 36.3 Å². The summed E-state index contributed by atoms with van der Waals surface area (Å²) in [5.74, 6) is 0.598. The number of fused-ring (bicyclic) bond motifs is 1. The minimum atomic E-state index is -5.20. The highest BCUT2D eigenvalue weighted by molar-refractivity contribution is 8.76. The number of hydrogen-bond acceptors (Lipinski definition) is 13. The number of phosphoric acid groups is 2. The maximum absolute atomic E-state index is 12.0. The zero-order chi connectivity index (χ0) is 24.2. The van der Waals surface area contributed by atoms with Crippen LogP contribution in [0.2, 0.25) is 0 Å². The lowest BCUT2D eigenvalue weighted by atomic mass is 10.2. The Morgan fingerprint density at radius 2 is 2.09 bits per heavy atom. The SMILES string of the molecule is CSSCO[C@H]1C[C@H](n2ccc3c(N)ncnc32)O[C@@H]1COP(=O)(O)O[P+](=O)OP(=O)(O)O. The summed E-state index contributed by atoms with van der Waals surface area (Å²) in [4.78, 5) is 35.1. The molecule has 2 aromatic rings. The summed E-state index contributed by atoms with van der Waals surface area (Å²) in [7, 11) is -10.9. The van der Waals surface area contributed by atoms with Gasteiger partial charge in [-0.15, -0.1) is 0 Å². The van der Waals surface area contributed by atoms with E-state index in [1.165, 1.54) is 27.9 Å². The van der Waals surface area contributed by atoms with Gasteiger partial charge in [-0.2, -0.15) is 0 Å². The van der Waals surface area contributed by atoms with Gasteiger partial charge >= 0.3 is 23.9 Å². The predicted octanol–water partition coefficient (Wildman–Crippen LogP) is 2.56. The summed E-state index contributed by atoms with van der Waals surface area (Å²) in [6.45, 7) is -0.520. The van der Waals surface area contributed by atoms with Gasteiger partial charge in [-0.25, -0.2) is 19.1 Å². The quantitative estimate of drug-likeness (QED) is 0.126. The van der Waals surface area contributed by atoms with E-state index in [0.717, 1.165) is 0 Å². The van der Waals surface area contributed by atoms with Gasteiger partial charge in [0.2, 0.25) is 0 Å². The molecule has 0 bridgehead atoms. The van der Waals surface area contributed by atoms with E-state index in [4.69, 9.17) is 29.5 Å². The first-order valence-electron chi connectivity index (χ1n) is 8.88. The number of nitrogens with two attached hydrogens (primary N) is 1. The minimum absolute atomic E-state index is 0.297. The van der Waals surface area contributed by atoms with Crippen LogP contribution in [0.5, 0.6) is 0 Å². The molecule has 3 rings (SSSR count). The predicted molar refractivity (Wildman–Crippen MR) is 119 cm³/mol. The molecule has 3 heterocycles. The number of nitrogen functional groups attached to an aromatic ring is 1. The summed E-state index contributed by atoms with van der Waals surface area (Å²) in [5.41, 5.74) is 6.39. The van der Waals surface area contributed by atoms with Crippen molar-refractivity contribution in [2.45, 2.75) is 24.9 Å². The van der Waals surface area contributed by atoms with E-state index in [1.807, 2.05) is 6.26 Å². The maximum atomic E-state index is 12.0. The van der Waals surface area contributed by atoms with Crippen molar-refractivity contribution in [3.63, 3.8) is 0 Å². The van der Waals surface area contributed by atoms with Crippen LogP contribution in [-0.4, -0.2) is 60.2 Å². The fourth-order valence-corrected chi connectivity index (χ4v) is 6.02. The summed E-state index contributed by atoms with van der Waals surface area (Å²) in [6, 6.07) is 1.73. The molecule has 20 heteroatoms. The molecule has 0 amide bonds. The Morgan fingerprint density at radius 3 is 2.79 bits per heavy atom. The third kappa shape index (κ3) is 7.67. The fourth-order valence-electron chi connectivity index (χ4n) is 2.96. The highest BCUT2D eigenvalue weighted by Crippen LogP contribution is 2.58. The number of anilines is 1. The lowest BCUT2D eigenvalue weighted by Gasteiger charge is -2.18. The minimum Gasteiger partial charge on any atom is -0.383 e. The molecular formula is C13H20N4O11P3S2+. The van der Waals surface area contributed by atoms with Gasteiger partial charge in [0.25, 0.3) is 0 Å². The van der Waals surface area contributed by atoms with Crippen LogP contribution in [0.3, 0.4) is 0 Å². The second-order valence-electron chi connectivity index (χ2n) is 6.33. The van der Waals surface area contributed by atoms with E-state index >= 15 is 0 Å². The standard InChI is InChI=1S/C13H19N4O11P3S2/c1-32-33-7-24-9-4-11(17-3-2-8-12(14)15-6-16-13(8)17)26-10(9)5-25-31(22,23)28-29(18)27-30(19,20)21/h2-3,6,9-11H,4-5,7H2,1H3,(H4-,14,15,16,19,20,21,22,23)/p+1/t9-,10+,11+/m0/s1. The second kappa shape index (κ2) is 11.4. The molecule has 0 aromatic carbocycles. The topological polar surface area (TPSA) is 215 Å². The Kier molecular flexibility index (Phi) is 9.31. The van der Waals surface area contributed by atoms with Crippen molar-refractivity contribution in [2.24, 2.45) is 0 Å². The van der Waals surface area contributed by atoms with Crippen LogP contribution in [0.1, 0.15) is 12.6 Å². The van der Waals surface area contributed by atoms with Crippen LogP contribution in [0.4, 0.5) is 5.82 Å². The van der Waals surface area contributed by atoms with E-state index in [1.54, 1.807) is 16.8 Å². The second-order valence-corrected chi connectivity index (χ2v) is 12.8. The van der Waals surface area contributed by atoms with Crippen LogP contribution in [0.15, 0.2) is 18.6 Å². The number of nitrogens with zero attached hydrogens (tertiary/aromatic N) is 3. The van der Waals surface area contributed by atoms with E-state index in [-0.39, 0.29) is 0 Å². The van der Waals surface area contributed by atoms with Crippen LogP contribution >= 0.6 is 45.5 Å². The first-order valence-corrected chi connectivity index (χ1v) is 15.7. The van der Waals surface area contributed by atoms with Crippen molar-refractivity contribution < 1.29 is 51.0 Å². The number of phosphoric ester groups is 1. The van der Waals surface area contributed by atoms with Crippen molar-refractivity contribution in [3.8, 4) is 0 Å². The molecule has 33 heavy (non-hydrogen) atoms. The van der Waals surface area contributed by atoms with E-state index in [9.17, 15) is 18.6 Å². The van der Waals surface area contributed by atoms with Crippen molar-refractivity contribution in [2.75, 3.05) is 24.5 Å². The zero-order valence-corrected chi connectivity index (χ0v) is 21.1. The Balaban J connectivity index is 1.69. The number of rotatable bonds is 12. The van der Waals surface area contributed by atoms with Gasteiger partial charge in [-0.3, -0.25) is 9.42 Å². The normalized spacial score (nSPS) is 23.6. The van der Waals surface area contributed by atoms with Crippen LogP contribution in [0, 0.1) is 0 Å². The molecule has 1 aliphatic heterocycles. The smallest absolute Gasteiger partial charge is 0.383 e. The van der Waals surface area contributed by atoms with Crippen molar-refractivity contribution in [3.05, 3.63) is 18.6 Å². The van der Waals surface area contributed by atoms with E-state index in [0.29, 0.717) is 29.2 Å². The Labute approximate surface area is 195 Å².